The second kappa shape index (κ2) is 8.49. The number of sulfone groups is 1. The van der Waals surface area contributed by atoms with Gasteiger partial charge in [-0.2, -0.15) is 0 Å². The van der Waals surface area contributed by atoms with E-state index in [2.05, 4.69) is 10.6 Å². The van der Waals surface area contributed by atoms with Crippen molar-refractivity contribution in [2.75, 3.05) is 12.9 Å². The van der Waals surface area contributed by atoms with Gasteiger partial charge in [0.2, 0.25) is 0 Å². The number of nitrogens with zero attached hydrogens (tertiary/aromatic N) is 1. The molecule has 0 N–H and O–H groups in total. The van der Waals surface area contributed by atoms with Gasteiger partial charge < -0.3 is 9.30 Å². The van der Waals surface area contributed by atoms with Gasteiger partial charge in [0.1, 0.15) is 0 Å². The van der Waals surface area contributed by atoms with Gasteiger partial charge in [0, 0.05) is 16.5 Å². The summed E-state index contributed by atoms with van der Waals surface area (Å²) >= 11 is 0. The van der Waals surface area contributed by atoms with E-state index in [9.17, 15) is 13.2 Å². The van der Waals surface area contributed by atoms with Crippen LogP contribution in [0.2, 0.25) is 0 Å². The first-order valence-electron chi connectivity index (χ1n) is 11.7. The zero-order valence-corrected chi connectivity index (χ0v) is 20.0. The molecule has 0 radical (unpaired) electrons. The molecule has 1 aromatic heterocycles. The molecular formula is C27H29NO4S. The third kappa shape index (κ3) is 3.70. The third-order valence-electron chi connectivity index (χ3n) is 7.16. The zero-order valence-electron chi connectivity index (χ0n) is 19.1. The van der Waals surface area contributed by atoms with Crippen molar-refractivity contribution >= 4 is 32.8 Å². The molecule has 1 aliphatic heterocycles. The quantitative estimate of drug-likeness (QED) is 0.450. The Morgan fingerprint density at radius 3 is 2.58 bits per heavy atom. The lowest BCUT2D eigenvalue weighted by Crippen LogP contribution is -2.13. The van der Waals surface area contributed by atoms with E-state index in [1.54, 1.807) is 6.92 Å². The van der Waals surface area contributed by atoms with Crippen LogP contribution in [0.5, 0.6) is 0 Å². The van der Waals surface area contributed by atoms with Gasteiger partial charge in [0.25, 0.3) is 0 Å². The molecule has 0 atom stereocenters. The van der Waals surface area contributed by atoms with Gasteiger partial charge in [-0.25, -0.2) is 13.2 Å². The molecule has 33 heavy (non-hydrogen) atoms. The Balaban J connectivity index is 1.86. The van der Waals surface area contributed by atoms with Crippen LogP contribution in [0.25, 0.3) is 28.2 Å². The highest BCUT2D eigenvalue weighted by molar-refractivity contribution is 7.95. The number of ether oxygens (including phenoxy) is 1. The van der Waals surface area contributed by atoms with E-state index in [1.807, 2.05) is 42.5 Å². The van der Waals surface area contributed by atoms with E-state index in [1.165, 1.54) is 31.9 Å². The molecule has 0 spiro atoms. The molecule has 0 saturated heterocycles. The van der Waals surface area contributed by atoms with E-state index in [-0.39, 0.29) is 12.3 Å². The number of carbonyl (C=O) groups excluding carboxylic acids is 1. The van der Waals surface area contributed by atoms with Crippen LogP contribution in [0.1, 0.15) is 66.4 Å². The molecular weight excluding hydrogens is 434 g/mol. The number of aromatic nitrogens is 1. The highest BCUT2D eigenvalue weighted by Crippen LogP contribution is 2.46. The monoisotopic (exact) mass is 463 g/mol. The Morgan fingerprint density at radius 1 is 1.09 bits per heavy atom. The minimum Gasteiger partial charge on any atom is -0.465 e. The molecule has 0 amide bonds. The fourth-order valence-electron chi connectivity index (χ4n) is 5.47. The van der Waals surface area contributed by atoms with Crippen LogP contribution in [-0.4, -0.2) is 31.8 Å². The molecule has 3 aromatic rings. The standard InChI is InChI=1S/C27H29NO4S/c1-3-33(30,31)21-15-19-11-7-8-12-22(19)26-25(18-9-5-4-6-10-18)23-14-13-20(27(29)32-2)16-24(23)28(26)17-21/h7-8,11-16,18H,3-6,9-10,17H2,1-2H3. The summed E-state index contributed by atoms with van der Waals surface area (Å²) in [5.41, 5.74) is 5.72. The second-order valence-corrected chi connectivity index (χ2v) is 11.3. The lowest BCUT2D eigenvalue weighted by molar-refractivity contribution is 0.0601. The lowest BCUT2D eigenvalue weighted by Gasteiger charge is -2.24. The van der Waals surface area contributed by atoms with Crippen molar-refractivity contribution in [3.05, 3.63) is 64.1 Å². The first-order chi connectivity index (χ1) is 15.9. The van der Waals surface area contributed by atoms with Gasteiger partial charge in [0.15, 0.2) is 9.84 Å². The Labute approximate surface area is 195 Å². The Morgan fingerprint density at radius 2 is 1.85 bits per heavy atom. The van der Waals surface area contributed by atoms with E-state index in [0.717, 1.165) is 40.6 Å². The van der Waals surface area contributed by atoms with Gasteiger partial charge in [-0.05, 0) is 48.1 Å². The maximum Gasteiger partial charge on any atom is 0.337 e. The number of carbonyl (C=O) groups is 1. The van der Waals surface area contributed by atoms with E-state index < -0.39 is 15.8 Å². The molecule has 2 heterocycles. The normalized spacial score (nSPS) is 16.6. The fraction of sp³-hybridized carbons (Fsp3) is 0.370. The summed E-state index contributed by atoms with van der Waals surface area (Å²) in [5, 5.41) is 1.11. The molecule has 1 aliphatic carbocycles. The maximum absolute atomic E-state index is 13.0. The smallest absolute Gasteiger partial charge is 0.337 e. The maximum atomic E-state index is 13.0. The van der Waals surface area contributed by atoms with Gasteiger partial charge in [-0.15, -0.1) is 0 Å². The summed E-state index contributed by atoms with van der Waals surface area (Å²) in [6.07, 6.45) is 7.75. The van der Waals surface area contributed by atoms with Crippen molar-refractivity contribution in [2.24, 2.45) is 0 Å². The number of esters is 1. The average Bonchev–Trinajstić information content (AvgIpc) is 3.05. The molecule has 172 valence electrons. The van der Waals surface area contributed by atoms with Crippen molar-refractivity contribution in [3.8, 4) is 11.3 Å². The number of hydrogen-bond acceptors (Lipinski definition) is 4. The number of rotatable bonds is 4. The largest absolute Gasteiger partial charge is 0.465 e. The molecule has 2 aliphatic rings. The summed E-state index contributed by atoms with van der Waals surface area (Å²) < 4.78 is 33.2. The van der Waals surface area contributed by atoms with Gasteiger partial charge in [-0.1, -0.05) is 56.5 Å². The Kier molecular flexibility index (Phi) is 5.65. The number of allylic oxidation sites excluding steroid dienone is 1. The topological polar surface area (TPSA) is 65.4 Å². The summed E-state index contributed by atoms with van der Waals surface area (Å²) in [7, 11) is -2.02. The van der Waals surface area contributed by atoms with Gasteiger partial charge >= 0.3 is 5.97 Å². The molecule has 6 heteroatoms. The lowest BCUT2D eigenvalue weighted by atomic mass is 9.81. The molecule has 2 aromatic carbocycles. The predicted octanol–water partition coefficient (Wildman–Crippen LogP) is 5.93. The Bertz CT molecular complexity index is 1370. The van der Waals surface area contributed by atoms with Crippen LogP contribution in [0, 0.1) is 0 Å². The van der Waals surface area contributed by atoms with Crippen LogP contribution in [0.15, 0.2) is 47.4 Å². The molecule has 5 nitrogen and oxygen atoms in total. The summed E-state index contributed by atoms with van der Waals surface area (Å²) in [6, 6.07) is 13.8. The number of methoxy groups -OCH3 is 1. The van der Waals surface area contributed by atoms with Crippen LogP contribution < -0.4 is 0 Å². The highest BCUT2D eigenvalue weighted by Gasteiger charge is 2.31. The predicted molar refractivity (Wildman–Crippen MR) is 132 cm³/mol. The van der Waals surface area contributed by atoms with Crippen LogP contribution >= 0.6 is 0 Å². The van der Waals surface area contributed by atoms with Crippen molar-refractivity contribution in [1.82, 2.24) is 4.57 Å². The molecule has 0 unspecified atom stereocenters. The third-order valence-corrected chi connectivity index (χ3v) is 8.97. The van der Waals surface area contributed by atoms with Gasteiger partial charge in [-0.3, -0.25) is 0 Å². The fourth-order valence-corrected chi connectivity index (χ4v) is 6.47. The zero-order chi connectivity index (χ0) is 23.2. The van der Waals surface area contributed by atoms with E-state index in [0.29, 0.717) is 16.4 Å². The van der Waals surface area contributed by atoms with Crippen molar-refractivity contribution < 1.29 is 17.9 Å². The van der Waals surface area contributed by atoms with Crippen LogP contribution in [-0.2, 0) is 21.1 Å². The summed E-state index contributed by atoms with van der Waals surface area (Å²) in [4.78, 5) is 12.7. The van der Waals surface area contributed by atoms with Crippen molar-refractivity contribution in [3.63, 3.8) is 0 Å². The van der Waals surface area contributed by atoms with Gasteiger partial charge in [0.05, 0.1) is 35.6 Å². The highest BCUT2D eigenvalue weighted by atomic mass is 32.2. The minimum absolute atomic E-state index is 0.0540. The van der Waals surface area contributed by atoms with Crippen molar-refractivity contribution in [1.29, 1.82) is 0 Å². The van der Waals surface area contributed by atoms with Crippen LogP contribution in [0.3, 0.4) is 0 Å². The summed E-state index contributed by atoms with van der Waals surface area (Å²) in [5.74, 6) is 0.0785. The number of fused-ring (bicyclic) bond motifs is 5. The van der Waals surface area contributed by atoms with Crippen molar-refractivity contribution in [2.45, 2.75) is 51.5 Å². The average molecular weight is 464 g/mol. The second-order valence-electron chi connectivity index (χ2n) is 9.01. The summed E-state index contributed by atoms with van der Waals surface area (Å²) in [6.45, 7) is 1.94. The molecule has 5 rings (SSSR count). The number of benzene rings is 2. The molecule has 1 fully saturated rings. The van der Waals surface area contributed by atoms with Crippen LogP contribution in [0.4, 0.5) is 0 Å². The SMILES string of the molecule is CCS(=O)(=O)C1=Cc2ccccc2-c2c(C3CCCCC3)c3ccc(C(=O)OC)cc3n2C1. The Hall–Kier alpha value is -2.86. The molecule has 1 saturated carbocycles. The minimum atomic E-state index is -3.40. The first kappa shape index (κ1) is 22.0. The number of hydrogen-bond donors (Lipinski definition) is 0. The molecule has 0 bridgehead atoms. The van der Waals surface area contributed by atoms with E-state index >= 15 is 0 Å². The van der Waals surface area contributed by atoms with E-state index in [4.69, 9.17) is 4.74 Å². The first-order valence-corrected chi connectivity index (χ1v) is 13.4.